The van der Waals surface area contributed by atoms with Gasteiger partial charge in [0.2, 0.25) is 5.91 Å². The molecule has 2 amide bonds. The van der Waals surface area contributed by atoms with Crippen molar-refractivity contribution in [1.29, 1.82) is 0 Å². The number of para-hydroxylation sites is 1. The van der Waals surface area contributed by atoms with Gasteiger partial charge < -0.3 is 20.1 Å². The van der Waals surface area contributed by atoms with E-state index in [2.05, 4.69) is 15.4 Å². The summed E-state index contributed by atoms with van der Waals surface area (Å²) in [5.41, 5.74) is 0.292. The van der Waals surface area contributed by atoms with Crippen molar-refractivity contribution in [3.63, 3.8) is 0 Å². The summed E-state index contributed by atoms with van der Waals surface area (Å²) in [4.78, 5) is 23.5. The lowest BCUT2D eigenvalue weighted by Crippen LogP contribution is -2.38. The van der Waals surface area contributed by atoms with Gasteiger partial charge in [-0.05, 0) is 19.1 Å². The van der Waals surface area contributed by atoms with Crippen LogP contribution >= 0.6 is 0 Å². The van der Waals surface area contributed by atoms with Gasteiger partial charge in [0.1, 0.15) is 12.4 Å². The molecule has 0 aromatic heterocycles. The maximum absolute atomic E-state index is 12.0. The Balaban J connectivity index is 2.30. The van der Waals surface area contributed by atoms with Gasteiger partial charge in [-0.25, -0.2) is 0 Å². The van der Waals surface area contributed by atoms with E-state index in [-0.39, 0.29) is 19.7 Å². The van der Waals surface area contributed by atoms with Crippen LogP contribution in [0.2, 0.25) is 0 Å². The second-order valence-electron chi connectivity index (χ2n) is 4.63. The molecule has 0 aliphatic heterocycles. The molecule has 1 aromatic carbocycles. The molecule has 0 aliphatic carbocycles. The third kappa shape index (κ3) is 7.82. The SMILES string of the molecule is CCOc1ccccc1C(=O)NCC(=O)NCCOCC(F)(F)F. The van der Waals surface area contributed by atoms with Crippen LogP contribution in [0, 0.1) is 0 Å². The van der Waals surface area contributed by atoms with E-state index in [1.807, 2.05) is 0 Å². The zero-order valence-electron chi connectivity index (χ0n) is 13.1. The summed E-state index contributed by atoms with van der Waals surface area (Å²) < 4.78 is 45.1. The van der Waals surface area contributed by atoms with Crippen molar-refractivity contribution in [3.8, 4) is 5.75 Å². The predicted octanol–water partition coefficient (Wildman–Crippen LogP) is 1.51. The standard InChI is InChI=1S/C15H19F3N2O4/c1-2-24-12-6-4-3-5-11(12)14(22)20-9-13(21)19-7-8-23-10-15(16,17)18/h3-6H,2,7-10H2,1H3,(H,19,21)(H,20,22). The molecule has 6 nitrogen and oxygen atoms in total. The Morgan fingerprint density at radius 1 is 1.17 bits per heavy atom. The van der Waals surface area contributed by atoms with E-state index in [0.717, 1.165) is 0 Å². The lowest BCUT2D eigenvalue weighted by Gasteiger charge is -2.11. The highest BCUT2D eigenvalue weighted by Crippen LogP contribution is 2.17. The number of benzene rings is 1. The first-order valence-corrected chi connectivity index (χ1v) is 7.24. The normalized spacial score (nSPS) is 11.0. The number of hydrogen-bond donors (Lipinski definition) is 2. The second kappa shape index (κ2) is 9.76. The maximum Gasteiger partial charge on any atom is 0.411 e. The van der Waals surface area contributed by atoms with Crippen molar-refractivity contribution in [2.75, 3.05) is 32.9 Å². The monoisotopic (exact) mass is 348 g/mol. The van der Waals surface area contributed by atoms with Crippen LogP contribution in [0.15, 0.2) is 24.3 Å². The molecule has 0 spiro atoms. The zero-order valence-corrected chi connectivity index (χ0v) is 13.1. The van der Waals surface area contributed by atoms with Crippen LogP contribution < -0.4 is 15.4 Å². The molecule has 0 bridgehead atoms. The summed E-state index contributed by atoms with van der Waals surface area (Å²) in [6, 6.07) is 6.57. The molecule has 0 fully saturated rings. The van der Waals surface area contributed by atoms with Gasteiger partial charge in [-0.15, -0.1) is 0 Å². The van der Waals surface area contributed by atoms with Gasteiger partial charge in [-0.3, -0.25) is 9.59 Å². The van der Waals surface area contributed by atoms with E-state index in [0.29, 0.717) is 17.9 Å². The lowest BCUT2D eigenvalue weighted by atomic mass is 10.2. The fraction of sp³-hybridized carbons (Fsp3) is 0.467. The molecule has 1 rings (SSSR count). The molecular weight excluding hydrogens is 329 g/mol. The molecule has 0 saturated heterocycles. The van der Waals surface area contributed by atoms with Crippen molar-refractivity contribution >= 4 is 11.8 Å². The third-order valence-corrected chi connectivity index (χ3v) is 2.68. The molecule has 0 atom stereocenters. The first-order chi connectivity index (χ1) is 11.3. The minimum Gasteiger partial charge on any atom is -0.493 e. The van der Waals surface area contributed by atoms with E-state index in [1.165, 1.54) is 0 Å². The molecule has 24 heavy (non-hydrogen) atoms. The van der Waals surface area contributed by atoms with E-state index in [4.69, 9.17) is 4.74 Å². The number of amides is 2. The number of nitrogens with one attached hydrogen (secondary N) is 2. The highest BCUT2D eigenvalue weighted by molar-refractivity contribution is 5.98. The number of carbonyl (C=O) groups excluding carboxylic acids is 2. The van der Waals surface area contributed by atoms with Gasteiger partial charge in [-0.1, -0.05) is 12.1 Å². The summed E-state index contributed by atoms with van der Waals surface area (Å²) >= 11 is 0. The molecule has 9 heteroatoms. The average Bonchev–Trinajstić information content (AvgIpc) is 2.52. The van der Waals surface area contributed by atoms with E-state index < -0.39 is 24.6 Å². The van der Waals surface area contributed by atoms with Crippen LogP contribution in [0.25, 0.3) is 0 Å². The van der Waals surface area contributed by atoms with E-state index in [1.54, 1.807) is 31.2 Å². The number of halogens is 3. The van der Waals surface area contributed by atoms with Crippen molar-refractivity contribution in [1.82, 2.24) is 10.6 Å². The minimum absolute atomic E-state index is 0.0830. The number of carbonyl (C=O) groups is 2. The van der Waals surface area contributed by atoms with Crippen molar-refractivity contribution in [2.24, 2.45) is 0 Å². The van der Waals surface area contributed by atoms with E-state index in [9.17, 15) is 22.8 Å². The van der Waals surface area contributed by atoms with Gasteiger partial charge in [0.05, 0.1) is 25.3 Å². The van der Waals surface area contributed by atoms with Crippen molar-refractivity contribution in [3.05, 3.63) is 29.8 Å². The number of hydrogen-bond acceptors (Lipinski definition) is 4. The molecule has 2 N–H and O–H groups in total. The van der Waals surface area contributed by atoms with Crippen LogP contribution in [0.4, 0.5) is 13.2 Å². The Morgan fingerprint density at radius 2 is 1.88 bits per heavy atom. The fourth-order valence-corrected chi connectivity index (χ4v) is 1.70. The topological polar surface area (TPSA) is 76.7 Å². The highest BCUT2D eigenvalue weighted by Gasteiger charge is 2.27. The van der Waals surface area contributed by atoms with Crippen molar-refractivity contribution in [2.45, 2.75) is 13.1 Å². The van der Waals surface area contributed by atoms with Crippen LogP contribution in [0.3, 0.4) is 0 Å². The smallest absolute Gasteiger partial charge is 0.411 e. The Morgan fingerprint density at radius 3 is 2.54 bits per heavy atom. The minimum atomic E-state index is -4.40. The molecule has 134 valence electrons. The molecule has 0 heterocycles. The highest BCUT2D eigenvalue weighted by atomic mass is 19.4. The number of rotatable bonds is 9. The van der Waals surface area contributed by atoms with Crippen LogP contribution in [0.1, 0.15) is 17.3 Å². The summed E-state index contributed by atoms with van der Waals surface area (Å²) in [6.07, 6.45) is -4.40. The van der Waals surface area contributed by atoms with Gasteiger partial charge in [0, 0.05) is 6.54 Å². The van der Waals surface area contributed by atoms with Gasteiger partial charge in [0.15, 0.2) is 0 Å². The Hall–Kier alpha value is -2.29. The third-order valence-electron chi connectivity index (χ3n) is 2.68. The van der Waals surface area contributed by atoms with Crippen LogP contribution in [-0.2, 0) is 9.53 Å². The molecule has 0 radical (unpaired) electrons. The largest absolute Gasteiger partial charge is 0.493 e. The number of alkyl halides is 3. The molecular formula is C15H19F3N2O4. The maximum atomic E-state index is 12.0. The Kier molecular flexibility index (Phi) is 8.03. The number of ether oxygens (including phenoxy) is 2. The lowest BCUT2D eigenvalue weighted by molar-refractivity contribution is -0.173. The van der Waals surface area contributed by atoms with Crippen LogP contribution in [0.5, 0.6) is 5.75 Å². The predicted molar refractivity (Wildman–Crippen MR) is 79.8 cm³/mol. The van der Waals surface area contributed by atoms with Crippen LogP contribution in [-0.4, -0.2) is 50.9 Å². The molecule has 0 aliphatic rings. The van der Waals surface area contributed by atoms with Gasteiger partial charge >= 0.3 is 6.18 Å². The van der Waals surface area contributed by atoms with Gasteiger partial charge in [0.25, 0.3) is 5.91 Å². The Labute approximate surface area is 137 Å². The van der Waals surface area contributed by atoms with E-state index >= 15 is 0 Å². The average molecular weight is 348 g/mol. The summed E-state index contributed by atoms with van der Waals surface area (Å²) in [5.74, 6) is -0.617. The molecule has 1 aromatic rings. The quantitative estimate of drug-likeness (QED) is 0.663. The first kappa shape index (κ1) is 19.8. The van der Waals surface area contributed by atoms with Gasteiger partial charge in [-0.2, -0.15) is 13.2 Å². The zero-order chi connectivity index (χ0) is 18.0. The van der Waals surface area contributed by atoms with Crippen molar-refractivity contribution < 1.29 is 32.2 Å². The molecule has 0 unspecified atom stereocenters. The summed E-state index contributed by atoms with van der Waals surface area (Å²) in [5, 5.41) is 4.75. The Bertz CT molecular complexity index is 550. The summed E-state index contributed by atoms with van der Waals surface area (Å²) in [7, 11) is 0. The second-order valence-corrected chi connectivity index (χ2v) is 4.63. The first-order valence-electron chi connectivity index (χ1n) is 7.24. The fourth-order valence-electron chi connectivity index (χ4n) is 1.70. The molecule has 0 saturated carbocycles. The summed E-state index contributed by atoms with van der Waals surface area (Å²) in [6.45, 7) is 0.144.